The number of fused-ring (bicyclic) bond motifs is 1. The normalized spacial score (nSPS) is 21.6. The summed E-state index contributed by atoms with van der Waals surface area (Å²) in [4.78, 5) is 7.02. The van der Waals surface area contributed by atoms with Crippen molar-refractivity contribution >= 4 is 22.5 Å². The second kappa shape index (κ2) is 6.30. The monoisotopic (exact) mass is 303 g/mol. The molecule has 2 aromatic rings. The minimum absolute atomic E-state index is 0.271. The summed E-state index contributed by atoms with van der Waals surface area (Å²) in [7, 11) is 0. The van der Waals surface area contributed by atoms with E-state index in [4.69, 9.17) is 17.3 Å². The molecule has 0 bridgehead atoms. The molecule has 0 saturated carbocycles. The molecular weight excluding hydrogens is 282 g/mol. The van der Waals surface area contributed by atoms with Crippen LogP contribution in [0, 0.1) is 5.92 Å². The molecule has 1 aromatic heterocycles. The molecule has 0 aliphatic carbocycles. The van der Waals surface area contributed by atoms with Gasteiger partial charge in [0.05, 0.1) is 5.52 Å². The number of piperidine rings is 1. The zero-order valence-electron chi connectivity index (χ0n) is 12.4. The number of nitrogens with zero attached hydrogens (tertiary/aromatic N) is 2. The van der Waals surface area contributed by atoms with Crippen molar-refractivity contribution in [1.29, 1.82) is 0 Å². The topological polar surface area (TPSA) is 42.1 Å². The fraction of sp³-hybridized carbons (Fsp3) is 0.471. The van der Waals surface area contributed by atoms with Crippen LogP contribution in [0.25, 0.3) is 10.9 Å². The van der Waals surface area contributed by atoms with Crippen LogP contribution < -0.4 is 5.73 Å². The number of benzene rings is 1. The van der Waals surface area contributed by atoms with E-state index in [0.29, 0.717) is 5.92 Å². The van der Waals surface area contributed by atoms with Gasteiger partial charge in [0.2, 0.25) is 0 Å². The summed E-state index contributed by atoms with van der Waals surface area (Å²) in [6.45, 7) is 5.26. The highest BCUT2D eigenvalue weighted by atomic mass is 35.5. The average molecular weight is 304 g/mol. The van der Waals surface area contributed by atoms with Crippen molar-refractivity contribution in [1.82, 2.24) is 9.88 Å². The summed E-state index contributed by atoms with van der Waals surface area (Å²) in [5, 5.41) is 1.81. The van der Waals surface area contributed by atoms with Crippen molar-refractivity contribution in [3.63, 3.8) is 0 Å². The highest BCUT2D eigenvalue weighted by Gasteiger charge is 2.23. The summed E-state index contributed by atoms with van der Waals surface area (Å²) < 4.78 is 0. The third-order valence-electron chi connectivity index (χ3n) is 4.48. The van der Waals surface area contributed by atoms with Crippen LogP contribution in [-0.4, -0.2) is 29.0 Å². The molecule has 3 nitrogen and oxygen atoms in total. The molecule has 1 aliphatic rings. The van der Waals surface area contributed by atoms with Crippen LogP contribution in [0.1, 0.15) is 25.3 Å². The van der Waals surface area contributed by atoms with E-state index in [0.717, 1.165) is 35.6 Å². The summed E-state index contributed by atoms with van der Waals surface area (Å²) in [5.41, 5.74) is 8.35. The molecule has 21 heavy (non-hydrogen) atoms. The molecule has 1 aromatic carbocycles. The van der Waals surface area contributed by atoms with Gasteiger partial charge in [-0.3, -0.25) is 9.88 Å². The smallest absolute Gasteiger partial charge is 0.0761 e. The Morgan fingerprint density at radius 1 is 1.43 bits per heavy atom. The molecule has 3 rings (SSSR count). The molecule has 2 unspecified atom stereocenters. The first-order valence-electron chi connectivity index (χ1n) is 7.65. The molecule has 2 heterocycles. The summed E-state index contributed by atoms with van der Waals surface area (Å²) in [5.74, 6) is 0.602. The lowest BCUT2D eigenvalue weighted by Gasteiger charge is -2.34. The van der Waals surface area contributed by atoms with Crippen LogP contribution in [-0.2, 0) is 6.54 Å². The Morgan fingerprint density at radius 3 is 3.10 bits per heavy atom. The van der Waals surface area contributed by atoms with Crippen molar-refractivity contribution in [3.05, 3.63) is 41.0 Å². The van der Waals surface area contributed by atoms with Crippen molar-refractivity contribution in [2.45, 2.75) is 32.4 Å². The predicted molar refractivity (Wildman–Crippen MR) is 88.4 cm³/mol. The molecule has 1 fully saturated rings. The number of pyridine rings is 1. The number of aromatic nitrogens is 1. The summed E-state index contributed by atoms with van der Waals surface area (Å²) >= 11 is 6.27. The van der Waals surface area contributed by atoms with E-state index in [-0.39, 0.29) is 6.04 Å². The molecule has 2 N–H and O–H groups in total. The van der Waals surface area contributed by atoms with Crippen LogP contribution in [0.3, 0.4) is 0 Å². The molecule has 1 aliphatic heterocycles. The molecule has 4 heteroatoms. The zero-order valence-corrected chi connectivity index (χ0v) is 13.2. The number of likely N-dealkylation sites (tertiary alicyclic amines) is 1. The van der Waals surface area contributed by atoms with Gasteiger partial charge in [0.25, 0.3) is 0 Å². The van der Waals surface area contributed by atoms with E-state index >= 15 is 0 Å². The van der Waals surface area contributed by atoms with Gasteiger partial charge < -0.3 is 5.73 Å². The molecule has 2 atom stereocenters. The Kier molecular flexibility index (Phi) is 4.43. The van der Waals surface area contributed by atoms with Crippen molar-refractivity contribution in [3.8, 4) is 0 Å². The molecule has 112 valence electrons. The highest BCUT2D eigenvalue weighted by molar-refractivity contribution is 6.35. The number of rotatable bonds is 3. The summed E-state index contributed by atoms with van der Waals surface area (Å²) in [6.07, 6.45) is 4.31. The van der Waals surface area contributed by atoms with E-state index in [1.165, 1.54) is 18.4 Å². The van der Waals surface area contributed by atoms with Crippen molar-refractivity contribution < 1.29 is 0 Å². The minimum Gasteiger partial charge on any atom is -0.328 e. The maximum Gasteiger partial charge on any atom is 0.0761 e. The molecular formula is C17H22ClN3. The van der Waals surface area contributed by atoms with Gasteiger partial charge in [0.15, 0.2) is 0 Å². The minimum atomic E-state index is 0.271. The van der Waals surface area contributed by atoms with Gasteiger partial charge >= 0.3 is 0 Å². The fourth-order valence-electron chi connectivity index (χ4n) is 3.23. The predicted octanol–water partition coefficient (Wildman–Crippen LogP) is 3.45. The molecule has 0 radical (unpaired) electrons. The third-order valence-corrected chi connectivity index (χ3v) is 4.81. The fourth-order valence-corrected chi connectivity index (χ4v) is 3.44. The molecule has 1 saturated heterocycles. The zero-order chi connectivity index (χ0) is 14.8. The van der Waals surface area contributed by atoms with Crippen molar-refractivity contribution in [2.24, 2.45) is 11.7 Å². The highest BCUT2D eigenvalue weighted by Crippen LogP contribution is 2.27. The Labute approximate surface area is 131 Å². The number of hydrogen-bond donors (Lipinski definition) is 1. The standard InChI is InChI=1S/C17H22ClN3/c1-12(19)13-4-3-9-21(10-13)11-14-6-7-16(18)15-5-2-8-20-17(14)15/h2,5-8,12-13H,3-4,9-11,19H2,1H3. The third kappa shape index (κ3) is 3.20. The Bertz CT molecular complexity index is 626. The second-order valence-electron chi connectivity index (χ2n) is 6.10. The van der Waals surface area contributed by atoms with Crippen LogP contribution in [0.2, 0.25) is 5.02 Å². The van der Waals surface area contributed by atoms with Crippen LogP contribution in [0.5, 0.6) is 0 Å². The second-order valence-corrected chi connectivity index (χ2v) is 6.51. The van der Waals surface area contributed by atoms with Crippen molar-refractivity contribution in [2.75, 3.05) is 13.1 Å². The van der Waals surface area contributed by atoms with Crippen LogP contribution in [0.15, 0.2) is 30.5 Å². The van der Waals surface area contributed by atoms with E-state index in [2.05, 4.69) is 22.9 Å². The summed E-state index contributed by atoms with van der Waals surface area (Å²) in [6, 6.07) is 8.33. The van der Waals surface area contributed by atoms with E-state index < -0.39 is 0 Å². The van der Waals surface area contributed by atoms with E-state index in [1.54, 1.807) is 0 Å². The Hall–Kier alpha value is -1.16. The Morgan fingerprint density at radius 2 is 2.29 bits per heavy atom. The first-order chi connectivity index (χ1) is 10.1. The average Bonchev–Trinajstić information content (AvgIpc) is 2.51. The quantitative estimate of drug-likeness (QED) is 0.944. The lowest BCUT2D eigenvalue weighted by molar-refractivity contribution is 0.155. The largest absolute Gasteiger partial charge is 0.328 e. The number of nitrogens with two attached hydrogens (primary N) is 1. The lowest BCUT2D eigenvalue weighted by Crippen LogP contribution is -2.41. The van der Waals surface area contributed by atoms with Gasteiger partial charge in [-0.15, -0.1) is 0 Å². The first kappa shape index (κ1) is 14.8. The van der Waals surface area contributed by atoms with Crippen LogP contribution >= 0.6 is 11.6 Å². The lowest BCUT2D eigenvalue weighted by atomic mass is 9.92. The van der Waals surface area contributed by atoms with E-state index in [9.17, 15) is 0 Å². The molecule has 0 amide bonds. The van der Waals surface area contributed by atoms with Gasteiger partial charge in [0.1, 0.15) is 0 Å². The van der Waals surface area contributed by atoms with Crippen LogP contribution in [0.4, 0.5) is 0 Å². The maximum atomic E-state index is 6.27. The van der Waals surface area contributed by atoms with Gasteiger partial charge in [0, 0.05) is 35.7 Å². The van der Waals surface area contributed by atoms with Gasteiger partial charge in [-0.2, -0.15) is 0 Å². The maximum absolute atomic E-state index is 6.27. The Balaban J connectivity index is 1.83. The van der Waals surface area contributed by atoms with Gasteiger partial charge in [-0.05, 0) is 56.0 Å². The number of halogens is 1. The van der Waals surface area contributed by atoms with E-state index in [1.807, 2.05) is 24.4 Å². The molecule has 0 spiro atoms. The first-order valence-corrected chi connectivity index (χ1v) is 8.03. The van der Waals surface area contributed by atoms with Gasteiger partial charge in [-0.1, -0.05) is 17.7 Å². The SMILES string of the molecule is CC(N)C1CCCN(Cc2ccc(Cl)c3cccnc23)C1. The van der Waals surface area contributed by atoms with Gasteiger partial charge in [-0.25, -0.2) is 0 Å². The number of hydrogen-bond acceptors (Lipinski definition) is 3.